The number of aliphatic carboxylic acids is 1. The van der Waals surface area contributed by atoms with Crippen molar-refractivity contribution in [1.82, 2.24) is 0 Å². The molecule has 0 spiro atoms. The first-order valence-corrected chi connectivity index (χ1v) is 12.5. The molecular formula is C26H27BrO12. The van der Waals surface area contributed by atoms with Gasteiger partial charge in [0, 0.05) is 19.2 Å². The van der Waals surface area contributed by atoms with Crippen molar-refractivity contribution >= 4 is 51.7 Å². The highest BCUT2D eigenvalue weighted by atomic mass is 79.9. The molecule has 0 saturated carbocycles. The van der Waals surface area contributed by atoms with Gasteiger partial charge in [-0.15, -0.1) is 0 Å². The molecular weight excluding hydrogens is 584 g/mol. The zero-order valence-electron chi connectivity index (χ0n) is 21.2. The fourth-order valence-corrected chi connectivity index (χ4v) is 2.99. The normalized spacial score (nSPS) is 9.72. The first-order chi connectivity index (χ1) is 18.5. The van der Waals surface area contributed by atoms with E-state index in [2.05, 4.69) is 20.7 Å². The first-order valence-electron chi connectivity index (χ1n) is 11.4. The first kappa shape index (κ1) is 32.8. The Labute approximate surface area is 232 Å². The lowest BCUT2D eigenvalue weighted by Crippen LogP contribution is -2.18. The Morgan fingerprint density at radius 2 is 1.15 bits per heavy atom. The van der Waals surface area contributed by atoms with Crippen LogP contribution in [-0.2, 0) is 33.4 Å². The van der Waals surface area contributed by atoms with Gasteiger partial charge in [0.2, 0.25) is 0 Å². The number of hydrogen-bond donors (Lipinski definition) is 1. The van der Waals surface area contributed by atoms with Gasteiger partial charge in [-0.1, -0.05) is 40.2 Å². The zero-order chi connectivity index (χ0) is 29.2. The summed E-state index contributed by atoms with van der Waals surface area (Å²) in [7, 11) is 0. The molecule has 0 aliphatic rings. The minimum Gasteiger partial charge on any atom is -0.479 e. The summed E-state index contributed by atoms with van der Waals surface area (Å²) in [5.41, 5.74) is 0.0775. The third kappa shape index (κ3) is 13.7. The van der Waals surface area contributed by atoms with Gasteiger partial charge in [-0.3, -0.25) is 9.59 Å². The molecule has 0 aromatic heterocycles. The van der Waals surface area contributed by atoms with Gasteiger partial charge in [-0.2, -0.15) is 0 Å². The van der Waals surface area contributed by atoms with Gasteiger partial charge in [0.15, 0.2) is 13.2 Å². The molecule has 0 bridgehead atoms. The van der Waals surface area contributed by atoms with E-state index in [9.17, 15) is 28.8 Å². The van der Waals surface area contributed by atoms with E-state index in [4.69, 9.17) is 24.1 Å². The minimum atomic E-state index is -1.26. The summed E-state index contributed by atoms with van der Waals surface area (Å²) in [6.07, 6.45) is 1.63. The number of hydrogen-bond acceptors (Lipinski definition) is 11. The smallest absolute Gasteiger partial charge is 0.344 e. The van der Waals surface area contributed by atoms with Crippen LogP contribution in [0, 0.1) is 0 Å². The molecule has 0 fully saturated rings. The van der Waals surface area contributed by atoms with Gasteiger partial charge >= 0.3 is 35.8 Å². The van der Waals surface area contributed by atoms with E-state index >= 15 is 0 Å². The Hall–Kier alpha value is -4.26. The van der Waals surface area contributed by atoms with Gasteiger partial charge in [0.25, 0.3) is 0 Å². The maximum absolute atomic E-state index is 11.9. The van der Waals surface area contributed by atoms with E-state index in [-0.39, 0.29) is 29.2 Å². The molecule has 39 heavy (non-hydrogen) atoms. The second kappa shape index (κ2) is 18.1. The van der Waals surface area contributed by atoms with Crippen molar-refractivity contribution in [2.24, 2.45) is 0 Å². The van der Waals surface area contributed by atoms with E-state index in [1.54, 1.807) is 24.3 Å². The van der Waals surface area contributed by atoms with E-state index in [0.29, 0.717) is 0 Å². The number of rotatable bonds is 12. The molecule has 0 aliphatic carbocycles. The maximum Gasteiger partial charge on any atom is 0.344 e. The predicted molar refractivity (Wildman–Crippen MR) is 138 cm³/mol. The lowest BCUT2D eigenvalue weighted by Gasteiger charge is -2.09. The summed E-state index contributed by atoms with van der Waals surface area (Å²) < 4.78 is 23.9. The molecule has 0 saturated heterocycles. The Kier molecular flexibility index (Phi) is 15.2. The van der Waals surface area contributed by atoms with Crippen molar-refractivity contribution in [1.29, 1.82) is 0 Å². The van der Waals surface area contributed by atoms with Crippen LogP contribution in [0.2, 0.25) is 0 Å². The van der Waals surface area contributed by atoms with Crippen molar-refractivity contribution in [2.45, 2.75) is 26.7 Å². The molecule has 2 aromatic rings. The number of carbonyl (C=O) groups excluding carboxylic acids is 5. The Balaban J connectivity index is 0.000000403. The fourth-order valence-electron chi connectivity index (χ4n) is 2.59. The minimum absolute atomic E-state index is 0.00366. The molecule has 0 aliphatic heterocycles. The van der Waals surface area contributed by atoms with Crippen LogP contribution in [0.15, 0.2) is 48.5 Å². The number of halogens is 1. The van der Waals surface area contributed by atoms with Crippen LogP contribution in [0.4, 0.5) is 0 Å². The Morgan fingerprint density at radius 1 is 0.692 bits per heavy atom. The molecule has 0 atom stereocenters. The number of carboxylic acid groups (broad SMARTS) is 1. The summed E-state index contributed by atoms with van der Waals surface area (Å²) in [6.45, 7) is 1.48. The van der Waals surface area contributed by atoms with Gasteiger partial charge in [0.1, 0.15) is 22.6 Å². The number of benzene rings is 2. The number of para-hydroxylation sites is 2. The largest absolute Gasteiger partial charge is 0.479 e. The van der Waals surface area contributed by atoms with Crippen molar-refractivity contribution in [2.75, 3.05) is 25.2 Å². The number of esters is 5. The van der Waals surface area contributed by atoms with Crippen molar-refractivity contribution in [3.63, 3.8) is 0 Å². The van der Waals surface area contributed by atoms with E-state index in [1.807, 2.05) is 0 Å². The summed E-state index contributed by atoms with van der Waals surface area (Å²) >= 11 is 3.27. The van der Waals surface area contributed by atoms with Crippen molar-refractivity contribution < 1.29 is 57.6 Å². The molecule has 0 heterocycles. The molecule has 13 heteroatoms. The molecule has 2 rings (SSSR count). The second-order valence-electron chi connectivity index (χ2n) is 7.34. The van der Waals surface area contributed by atoms with Gasteiger partial charge in [-0.05, 0) is 37.1 Å². The highest BCUT2D eigenvalue weighted by Gasteiger charge is 2.17. The van der Waals surface area contributed by atoms with Crippen LogP contribution in [0.5, 0.6) is 11.5 Å². The number of ether oxygens (including phenoxy) is 5. The topological polar surface area (TPSA) is 169 Å². The average molecular weight is 611 g/mol. The van der Waals surface area contributed by atoms with Gasteiger partial charge in [0.05, 0.1) is 6.61 Å². The van der Waals surface area contributed by atoms with E-state index < -0.39 is 49.0 Å². The molecule has 0 radical (unpaired) electrons. The number of unbranched alkanes of at least 4 members (excludes halogenated alkanes) is 1. The summed E-state index contributed by atoms with van der Waals surface area (Å²) in [5.74, 6) is -4.49. The maximum atomic E-state index is 11.9. The zero-order valence-corrected chi connectivity index (χ0v) is 22.8. The third-order valence-corrected chi connectivity index (χ3v) is 4.72. The van der Waals surface area contributed by atoms with Crippen molar-refractivity contribution in [3.8, 4) is 11.5 Å². The lowest BCUT2D eigenvalue weighted by molar-refractivity contribution is -0.147. The number of carboxylic acids is 1. The lowest BCUT2D eigenvalue weighted by atomic mass is 10.2. The Morgan fingerprint density at radius 3 is 1.59 bits per heavy atom. The Bertz CT molecular complexity index is 1160. The molecule has 12 nitrogen and oxygen atoms in total. The third-order valence-electron chi connectivity index (χ3n) is 4.16. The van der Waals surface area contributed by atoms with Crippen LogP contribution in [0.25, 0.3) is 0 Å². The SMILES string of the molecule is CC(=O)Oc1ccccc1C(=O)OCC(=O)O.CC(=O)Oc1ccccc1C(=O)OCC(=O)OCCCCBr. The number of carbonyl (C=O) groups is 6. The second-order valence-corrected chi connectivity index (χ2v) is 8.14. The van der Waals surface area contributed by atoms with Gasteiger partial charge in [-0.25, -0.2) is 19.2 Å². The van der Waals surface area contributed by atoms with Crippen LogP contribution < -0.4 is 9.47 Å². The standard InChI is InChI=1S/C15H17BrO6.C11H10O6/c1-11(17)22-13-7-3-2-6-12(13)15(19)21-10-14(18)20-9-5-4-8-16;1-7(12)17-9-5-3-2-4-8(9)11(15)16-6-10(13)14/h2-3,6-7H,4-5,8-10H2,1H3;2-5H,6H2,1H3,(H,13,14). The fraction of sp³-hybridized carbons (Fsp3) is 0.308. The van der Waals surface area contributed by atoms with Crippen LogP contribution in [0.3, 0.4) is 0 Å². The van der Waals surface area contributed by atoms with Crippen molar-refractivity contribution in [3.05, 3.63) is 59.7 Å². The van der Waals surface area contributed by atoms with Crippen LogP contribution in [0.1, 0.15) is 47.4 Å². The number of alkyl halides is 1. The molecule has 1 N–H and O–H groups in total. The average Bonchev–Trinajstić information content (AvgIpc) is 2.88. The molecule has 210 valence electrons. The summed E-state index contributed by atoms with van der Waals surface area (Å²) in [6, 6.07) is 12.0. The molecule has 2 aromatic carbocycles. The van der Waals surface area contributed by atoms with E-state index in [1.165, 1.54) is 38.1 Å². The monoisotopic (exact) mass is 610 g/mol. The van der Waals surface area contributed by atoms with Gasteiger partial charge < -0.3 is 28.8 Å². The highest BCUT2D eigenvalue weighted by Crippen LogP contribution is 2.20. The highest BCUT2D eigenvalue weighted by molar-refractivity contribution is 9.09. The van der Waals surface area contributed by atoms with E-state index in [0.717, 1.165) is 18.2 Å². The summed E-state index contributed by atoms with van der Waals surface area (Å²) in [5, 5.41) is 9.20. The molecule has 0 amide bonds. The molecule has 0 unspecified atom stereocenters. The van der Waals surface area contributed by atoms with Crippen LogP contribution >= 0.6 is 15.9 Å². The predicted octanol–water partition coefficient (Wildman–Crippen LogP) is 3.34. The van der Waals surface area contributed by atoms with Crippen LogP contribution in [-0.4, -0.2) is 66.1 Å². The summed E-state index contributed by atoms with van der Waals surface area (Å²) in [4.78, 5) is 66.8. The quantitative estimate of drug-likeness (QED) is 0.122.